The topological polar surface area (TPSA) is 62.2 Å². The lowest BCUT2D eigenvalue weighted by molar-refractivity contribution is 0.0778. The summed E-state index contributed by atoms with van der Waals surface area (Å²) in [6, 6.07) is 4.22. The number of likely N-dealkylation sites (N-methyl/N-ethyl adjacent to an activating group) is 1. The van der Waals surface area contributed by atoms with Gasteiger partial charge < -0.3 is 24.4 Å². The molecule has 7 heteroatoms. The Kier molecular flexibility index (Phi) is 7.16. The molecule has 1 aromatic carbocycles. The predicted molar refractivity (Wildman–Crippen MR) is 92.3 cm³/mol. The Bertz CT molecular complexity index is 584. The minimum absolute atomic E-state index is 0.0250. The zero-order valence-corrected chi connectivity index (χ0v) is 15.1. The van der Waals surface area contributed by atoms with Gasteiger partial charge in [0.1, 0.15) is 0 Å². The number of halogens is 1. The Morgan fingerprint density at radius 3 is 2.68 bits per heavy atom. The quantitative estimate of drug-likeness (QED) is 0.757. The van der Waals surface area contributed by atoms with E-state index in [1.807, 2.05) is 7.05 Å². The van der Waals surface area contributed by atoms with E-state index in [0.29, 0.717) is 25.3 Å². The first kappa shape index (κ1) is 19.6. The molecule has 2 atom stereocenters. The molecule has 140 valence electrons. The molecular weight excluding hydrogens is 327 g/mol. The van der Waals surface area contributed by atoms with Crippen molar-refractivity contribution in [2.75, 3.05) is 60.7 Å². The third-order valence-corrected chi connectivity index (χ3v) is 4.72. The van der Waals surface area contributed by atoms with E-state index in [2.05, 4.69) is 4.90 Å². The summed E-state index contributed by atoms with van der Waals surface area (Å²) in [6.07, 6.45) is 0. The van der Waals surface area contributed by atoms with Crippen LogP contribution in [-0.2, 0) is 4.74 Å². The van der Waals surface area contributed by atoms with Crippen molar-refractivity contribution in [2.45, 2.75) is 0 Å². The van der Waals surface area contributed by atoms with Crippen LogP contribution in [0.5, 0.6) is 5.75 Å². The van der Waals surface area contributed by atoms with Crippen molar-refractivity contribution in [3.05, 3.63) is 29.6 Å². The van der Waals surface area contributed by atoms with E-state index >= 15 is 0 Å². The van der Waals surface area contributed by atoms with Crippen molar-refractivity contribution in [1.82, 2.24) is 9.80 Å². The van der Waals surface area contributed by atoms with Gasteiger partial charge in [-0.15, -0.1) is 0 Å². The number of hydrogen-bond acceptors (Lipinski definition) is 5. The number of likely N-dealkylation sites (tertiary alicyclic amines) is 1. The number of methoxy groups -OCH3 is 2. The molecule has 1 saturated heterocycles. The maximum Gasteiger partial charge on any atom is 0.253 e. The molecule has 0 bridgehead atoms. The van der Waals surface area contributed by atoms with Gasteiger partial charge in [0.25, 0.3) is 5.91 Å². The lowest BCUT2D eigenvalue weighted by Gasteiger charge is -2.23. The molecule has 1 amide bonds. The second-order valence-electron chi connectivity index (χ2n) is 6.52. The third-order valence-electron chi connectivity index (χ3n) is 4.72. The van der Waals surface area contributed by atoms with E-state index < -0.39 is 5.82 Å². The summed E-state index contributed by atoms with van der Waals surface area (Å²) in [5, 5.41) is 9.65. The molecule has 1 aliphatic heterocycles. The van der Waals surface area contributed by atoms with Gasteiger partial charge in [-0.1, -0.05) is 0 Å². The predicted octanol–water partition coefficient (Wildman–Crippen LogP) is 1.09. The number of aliphatic hydroxyl groups is 1. The van der Waals surface area contributed by atoms with Gasteiger partial charge in [-0.2, -0.15) is 0 Å². The first-order valence-corrected chi connectivity index (χ1v) is 8.41. The standard InChI is InChI=1S/C18H27FN2O4/c1-20(6-7-24-2)9-14-10-21(11-15(14)12-22)18(23)13-4-5-17(25-3)16(19)8-13/h4-5,8,14-15,22H,6-7,9-12H2,1-3H3/t14-,15-/m1/s1. The molecule has 1 heterocycles. The van der Waals surface area contributed by atoms with Crippen LogP contribution in [0.25, 0.3) is 0 Å². The van der Waals surface area contributed by atoms with Gasteiger partial charge in [0.05, 0.1) is 13.7 Å². The summed E-state index contributed by atoms with van der Waals surface area (Å²) in [5.74, 6) is -0.455. The van der Waals surface area contributed by atoms with Crippen LogP contribution in [0.3, 0.4) is 0 Å². The highest BCUT2D eigenvalue weighted by atomic mass is 19.1. The highest BCUT2D eigenvalue weighted by molar-refractivity contribution is 5.94. The summed E-state index contributed by atoms with van der Waals surface area (Å²) in [4.78, 5) is 16.5. The Balaban J connectivity index is 2.02. The first-order chi connectivity index (χ1) is 12.0. The SMILES string of the molecule is COCCN(C)C[C@@H]1CN(C(=O)c2ccc(OC)c(F)c2)C[C@@H]1CO. The monoisotopic (exact) mass is 354 g/mol. The van der Waals surface area contributed by atoms with Crippen molar-refractivity contribution in [3.8, 4) is 5.75 Å². The maximum atomic E-state index is 13.9. The minimum atomic E-state index is -0.554. The van der Waals surface area contributed by atoms with E-state index in [-0.39, 0.29) is 30.1 Å². The van der Waals surface area contributed by atoms with E-state index in [0.717, 1.165) is 13.1 Å². The fourth-order valence-corrected chi connectivity index (χ4v) is 3.24. The molecular formula is C18H27FN2O4. The molecule has 0 radical (unpaired) electrons. The molecule has 2 rings (SSSR count). The summed E-state index contributed by atoms with van der Waals surface area (Å²) < 4.78 is 23.8. The van der Waals surface area contributed by atoms with Crippen LogP contribution in [0.2, 0.25) is 0 Å². The van der Waals surface area contributed by atoms with Gasteiger partial charge in [-0.3, -0.25) is 4.79 Å². The van der Waals surface area contributed by atoms with Crippen LogP contribution in [0.1, 0.15) is 10.4 Å². The molecule has 0 saturated carbocycles. The highest BCUT2D eigenvalue weighted by Gasteiger charge is 2.35. The van der Waals surface area contributed by atoms with Gasteiger partial charge in [-0.25, -0.2) is 4.39 Å². The average molecular weight is 354 g/mol. The van der Waals surface area contributed by atoms with Crippen LogP contribution in [0.4, 0.5) is 4.39 Å². The highest BCUT2D eigenvalue weighted by Crippen LogP contribution is 2.26. The lowest BCUT2D eigenvalue weighted by atomic mass is 9.96. The number of rotatable bonds is 8. The smallest absolute Gasteiger partial charge is 0.253 e. The molecule has 1 N–H and O–H groups in total. The zero-order valence-electron chi connectivity index (χ0n) is 15.1. The van der Waals surface area contributed by atoms with Crippen molar-refractivity contribution >= 4 is 5.91 Å². The molecule has 6 nitrogen and oxygen atoms in total. The van der Waals surface area contributed by atoms with Crippen LogP contribution < -0.4 is 4.74 Å². The number of amides is 1. The van der Waals surface area contributed by atoms with Crippen LogP contribution in [-0.4, -0.2) is 81.5 Å². The minimum Gasteiger partial charge on any atom is -0.494 e. The fraction of sp³-hybridized carbons (Fsp3) is 0.611. The summed E-state index contributed by atoms with van der Waals surface area (Å²) in [7, 11) is 5.04. The van der Waals surface area contributed by atoms with Crippen molar-refractivity contribution in [1.29, 1.82) is 0 Å². The van der Waals surface area contributed by atoms with Gasteiger partial charge in [0.15, 0.2) is 11.6 Å². The van der Waals surface area contributed by atoms with Crippen LogP contribution >= 0.6 is 0 Å². The molecule has 0 spiro atoms. The second kappa shape index (κ2) is 9.12. The zero-order chi connectivity index (χ0) is 18.4. The number of aliphatic hydroxyl groups excluding tert-OH is 1. The van der Waals surface area contributed by atoms with E-state index in [1.165, 1.54) is 19.2 Å². The number of carbonyl (C=O) groups is 1. The Morgan fingerprint density at radius 2 is 2.08 bits per heavy atom. The molecule has 1 aromatic rings. The van der Waals surface area contributed by atoms with Crippen LogP contribution in [0.15, 0.2) is 18.2 Å². The molecule has 0 unspecified atom stereocenters. The number of carbonyl (C=O) groups excluding carboxylic acids is 1. The normalized spacial score (nSPS) is 20.3. The fourth-order valence-electron chi connectivity index (χ4n) is 3.24. The van der Waals surface area contributed by atoms with Gasteiger partial charge in [0.2, 0.25) is 0 Å². The van der Waals surface area contributed by atoms with Crippen molar-refractivity contribution in [2.24, 2.45) is 11.8 Å². The average Bonchev–Trinajstić information content (AvgIpc) is 3.01. The second-order valence-corrected chi connectivity index (χ2v) is 6.52. The molecule has 1 aliphatic rings. The lowest BCUT2D eigenvalue weighted by Crippen LogP contribution is -2.33. The van der Waals surface area contributed by atoms with Crippen molar-refractivity contribution < 1.29 is 23.8 Å². The Morgan fingerprint density at radius 1 is 1.36 bits per heavy atom. The molecule has 0 aromatic heterocycles. The summed E-state index contributed by atoms with van der Waals surface area (Å²) in [5.41, 5.74) is 0.295. The van der Waals surface area contributed by atoms with E-state index in [9.17, 15) is 14.3 Å². The van der Waals surface area contributed by atoms with Gasteiger partial charge >= 0.3 is 0 Å². The maximum absolute atomic E-state index is 13.9. The number of nitrogens with zero attached hydrogens (tertiary/aromatic N) is 2. The molecule has 25 heavy (non-hydrogen) atoms. The number of benzene rings is 1. The number of hydrogen-bond donors (Lipinski definition) is 1. The van der Waals surface area contributed by atoms with Crippen LogP contribution in [0, 0.1) is 17.7 Å². The van der Waals surface area contributed by atoms with E-state index in [4.69, 9.17) is 9.47 Å². The van der Waals surface area contributed by atoms with Crippen molar-refractivity contribution in [3.63, 3.8) is 0 Å². The first-order valence-electron chi connectivity index (χ1n) is 8.41. The molecule has 0 aliphatic carbocycles. The largest absolute Gasteiger partial charge is 0.494 e. The number of ether oxygens (including phenoxy) is 2. The van der Waals surface area contributed by atoms with E-state index in [1.54, 1.807) is 18.1 Å². The van der Waals surface area contributed by atoms with Gasteiger partial charge in [-0.05, 0) is 31.2 Å². The summed E-state index contributed by atoms with van der Waals surface area (Å²) in [6.45, 7) is 3.27. The Labute approximate surface area is 148 Å². The summed E-state index contributed by atoms with van der Waals surface area (Å²) >= 11 is 0. The molecule has 1 fully saturated rings. The van der Waals surface area contributed by atoms with Gasteiger partial charge in [0, 0.05) is 51.4 Å². The Hall–Kier alpha value is -1.70. The third kappa shape index (κ3) is 4.90.